The molecule has 1 unspecified atom stereocenters. The summed E-state index contributed by atoms with van der Waals surface area (Å²) in [7, 11) is 0. The van der Waals surface area contributed by atoms with Gasteiger partial charge in [0.15, 0.2) is 6.10 Å². The monoisotopic (exact) mass is 915 g/mol. The average molecular weight is 915 g/mol. The van der Waals surface area contributed by atoms with Crippen LogP contribution in [0, 0.1) is 0 Å². The van der Waals surface area contributed by atoms with E-state index in [0.717, 1.165) is 83.5 Å². The fourth-order valence-electron chi connectivity index (χ4n) is 7.07. The van der Waals surface area contributed by atoms with Crippen LogP contribution in [0.15, 0.2) is 109 Å². The maximum atomic E-state index is 12.8. The highest BCUT2D eigenvalue weighted by Gasteiger charge is 2.19. The molecule has 0 radical (unpaired) electrons. The topological polar surface area (TPSA) is 78.9 Å². The Morgan fingerprint density at radius 2 is 0.697 bits per heavy atom. The summed E-state index contributed by atoms with van der Waals surface area (Å²) in [4.78, 5) is 38.0. The van der Waals surface area contributed by atoms with Crippen molar-refractivity contribution in [2.75, 3.05) is 13.2 Å². The first-order valence-corrected chi connectivity index (χ1v) is 26.9. The van der Waals surface area contributed by atoms with Crippen LogP contribution >= 0.6 is 0 Å². The van der Waals surface area contributed by atoms with Gasteiger partial charge in [0.05, 0.1) is 0 Å². The zero-order chi connectivity index (χ0) is 47.9. The van der Waals surface area contributed by atoms with Gasteiger partial charge < -0.3 is 14.2 Å². The lowest BCUT2D eigenvalue weighted by Gasteiger charge is -2.18. The first-order chi connectivity index (χ1) is 32.5. The zero-order valence-electron chi connectivity index (χ0n) is 42.7. The molecule has 6 nitrogen and oxygen atoms in total. The molecule has 374 valence electrons. The van der Waals surface area contributed by atoms with Crippen molar-refractivity contribution in [3.8, 4) is 0 Å². The largest absolute Gasteiger partial charge is 0.462 e. The van der Waals surface area contributed by atoms with Crippen LogP contribution in [0.4, 0.5) is 0 Å². The molecule has 0 saturated carbocycles. The van der Waals surface area contributed by atoms with Crippen LogP contribution in [-0.4, -0.2) is 37.2 Å². The Morgan fingerprint density at radius 3 is 1.15 bits per heavy atom. The predicted octanol–water partition coefficient (Wildman–Crippen LogP) is 17.9. The predicted molar refractivity (Wildman–Crippen MR) is 283 cm³/mol. The van der Waals surface area contributed by atoms with Crippen LogP contribution in [0.5, 0.6) is 0 Å². The molecule has 0 aliphatic rings. The summed E-state index contributed by atoms with van der Waals surface area (Å²) in [6, 6.07) is 0. The standard InChI is InChI=1S/C60H98O6/c1-4-7-10-13-16-19-22-25-28-30-33-35-38-41-44-47-50-53-59(62)65-56-57(55-64-58(61)52-49-46-43-40-37-34-31-27-24-21-18-15-12-9-6-3)66-60(63)54-51-48-45-42-39-36-32-29-26-23-20-17-14-11-8-5-2/h8-9,11-12,15,17-18,20-21,24-26,28-29,36,39,45,48,57H,4-7,10,13-14,16,19,22-23,27,30-35,37-38,40-44,46-47,49-56H2,1-3H3/b11-8-,12-9-,18-15-,20-17-,24-21-,28-25-,29-26-,39-36-,48-45-. The van der Waals surface area contributed by atoms with E-state index in [2.05, 4.69) is 118 Å². The Hall–Kier alpha value is -3.93. The van der Waals surface area contributed by atoms with Gasteiger partial charge in [-0.25, -0.2) is 0 Å². The maximum absolute atomic E-state index is 12.8. The molecule has 0 amide bonds. The van der Waals surface area contributed by atoms with Gasteiger partial charge >= 0.3 is 17.9 Å². The van der Waals surface area contributed by atoms with E-state index >= 15 is 0 Å². The van der Waals surface area contributed by atoms with Gasteiger partial charge in [0.2, 0.25) is 0 Å². The van der Waals surface area contributed by atoms with E-state index in [9.17, 15) is 14.4 Å². The van der Waals surface area contributed by atoms with E-state index in [0.29, 0.717) is 19.3 Å². The minimum atomic E-state index is -0.826. The number of allylic oxidation sites excluding steroid dienone is 18. The van der Waals surface area contributed by atoms with Crippen molar-refractivity contribution in [3.63, 3.8) is 0 Å². The molecule has 0 saturated heterocycles. The molecule has 66 heavy (non-hydrogen) atoms. The number of carbonyl (C=O) groups excluding carboxylic acids is 3. The summed E-state index contributed by atoms with van der Waals surface area (Å²) in [5.74, 6) is -1.02. The molecule has 0 spiro atoms. The van der Waals surface area contributed by atoms with Gasteiger partial charge in [0.25, 0.3) is 0 Å². The lowest BCUT2D eigenvalue weighted by atomic mass is 10.1. The van der Waals surface area contributed by atoms with Gasteiger partial charge in [-0.05, 0) is 96.3 Å². The van der Waals surface area contributed by atoms with Crippen molar-refractivity contribution in [1.29, 1.82) is 0 Å². The average Bonchev–Trinajstić information content (AvgIpc) is 3.31. The Balaban J connectivity index is 4.52. The van der Waals surface area contributed by atoms with Crippen LogP contribution in [0.2, 0.25) is 0 Å². The normalized spacial score (nSPS) is 13.0. The number of unbranched alkanes of at least 4 members (excludes halogenated alkanes) is 20. The number of carbonyl (C=O) groups is 3. The molecule has 0 aliphatic heterocycles. The third-order valence-corrected chi connectivity index (χ3v) is 11.1. The Kier molecular flexibility index (Phi) is 50.5. The summed E-state index contributed by atoms with van der Waals surface area (Å²) in [6.45, 7) is 6.31. The van der Waals surface area contributed by atoms with Crippen molar-refractivity contribution in [2.45, 2.75) is 239 Å². The van der Waals surface area contributed by atoms with E-state index in [-0.39, 0.29) is 31.6 Å². The maximum Gasteiger partial charge on any atom is 0.306 e. The number of hydrogen-bond acceptors (Lipinski definition) is 6. The first-order valence-electron chi connectivity index (χ1n) is 26.9. The fraction of sp³-hybridized carbons (Fsp3) is 0.650. The summed E-state index contributed by atoms with van der Waals surface area (Å²) >= 11 is 0. The van der Waals surface area contributed by atoms with Crippen molar-refractivity contribution < 1.29 is 28.6 Å². The summed E-state index contributed by atoms with van der Waals surface area (Å²) in [6.07, 6.45) is 72.3. The quantitative estimate of drug-likeness (QED) is 0.0199. The van der Waals surface area contributed by atoms with Crippen LogP contribution in [0.1, 0.15) is 233 Å². The third-order valence-electron chi connectivity index (χ3n) is 11.1. The van der Waals surface area contributed by atoms with Gasteiger partial charge in [0, 0.05) is 19.3 Å². The van der Waals surface area contributed by atoms with Crippen molar-refractivity contribution in [2.24, 2.45) is 0 Å². The molecule has 1 atom stereocenters. The van der Waals surface area contributed by atoms with Gasteiger partial charge in [-0.15, -0.1) is 0 Å². The molecular formula is C60H98O6. The summed E-state index contributed by atoms with van der Waals surface area (Å²) in [5.41, 5.74) is 0. The molecule has 0 aromatic rings. The Bertz CT molecular complexity index is 1370. The molecule has 0 aromatic carbocycles. The van der Waals surface area contributed by atoms with E-state index in [1.54, 1.807) is 0 Å². The summed E-state index contributed by atoms with van der Waals surface area (Å²) < 4.78 is 16.7. The number of rotatable bonds is 47. The highest BCUT2D eigenvalue weighted by Crippen LogP contribution is 2.14. The molecule has 0 N–H and O–H groups in total. The SMILES string of the molecule is CC\C=C/C=C\C=C/CCCCCCCCCC(=O)OCC(COC(=O)CCCCCCCCC/C=C\CCCCCCCC)OC(=O)CC/C=C\C/C=C\C/C=C\C/C=C\C/C=C\CC. The van der Waals surface area contributed by atoms with Gasteiger partial charge in [-0.3, -0.25) is 14.4 Å². The molecule has 0 aliphatic carbocycles. The van der Waals surface area contributed by atoms with E-state index in [1.165, 1.54) is 103 Å². The molecule has 0 heterocycles. The van der Waals surface area contributed by atoms with Crippen molar-refractivity contribution in [1.82, 2.24) is 0 Å². The highest BCUT2D eigenvalue weighted by atomic mass is 16.6. The minimum Gasteiger partial charge on any atom is -0.462 e. The fourth-order valence-corrected chi connectivity index (χ4v) is 7.07. The van der Waals surface area contributed by atoms with E-state index in [4.69, 9.17) is 14.2 Å². The number of hydrogen-bond donors (Lipinski definition) is 0. The summed E-state index contributed by atoms with van der Waals surface area (Å²) in [5, 5.41) is 0. The second-order valence-corrected chi connectivity index (χ2v) is 17.4. The molecule has 0 fully saturated rings. The first kappa shape index (κ1) is 62.1. The van der Waals surface area contributed by atoms with Crippen molar-refractivity contribution >= 4 is 17.9 Å². The Labute approximate surface area is 406 Å². The lowest BCUT2D eigenvalue weighted by molar-refractivity contribution is -0.166. The van der Waals surface area contributed by atoms with Gasteiger partial charge in [0.1, 0.15) is 13.2 Å². The van der Waals surface area contributed by atoms with Gasteiger partial charge in [-0.1, -0.05) is 226 Å². The molecule has 0 rings (SSSR count). The second kappa shape index (κ2) is 53.7. The van der Waals surface area contributed by atoms with Crippen LogP contribution < -0.4 is 0 Å². The smallest absolute Gasteiger partial charge is 0.306 e. The molecule has 6 heteroatoms. The van der Waals surface area contributed by atoms with E-state index < -0.39 is 12.1 Å². The van der Waals surface area contributed by atoms with Crippen LogP contribution in [-0.2, 0) is 28.6 Å². The van der Waals surface area contributed by atoms with E-state index in [1.807, 2.05) is 12.2 Å². The molecular weight excluding hydrogens is 817 g/mol. The van der Waals surface area contributed by atoms with Crippen molar-refractivity contribution in [3.05, 3.63) is 109 Å². The lowest BCUT2D eigenvalue weighted by Crippen LogP contribution is -2.30. The number of esters is 3. The molecule has 0 aromatic heterocycles. The number of ether oxygens (including phenoxy) is 3. The van der Waals surface area contributed by atoms with Gasteiger partial charge in [-0.2, -0.15) is 0 Å². The Morgan fingerprint density at radius 1 is 0.333 bits per heavy atom. The second-order valence-electron chi connectivity index (χ2n) is 17.4. The van der Waals surface area contributed by atoms with Crippen LogP contribution in [0.25, 0.3) is 0 Å². The third kappa shape index (κ3) is 51.1. The van der Waals surface area contributed by atoms with Crippen LogP contribution in [0.3, 0.4) is 0 Å². The molecule has 0 bridgehead atoms. The highest BCUT2D eigenvalue weighted by molar-refractivity contribution is 5.71. The zero-order valence-corrected chi connectivity index (χ0v) is 42.7. The minimum absolute atomic E-state index is 0.115.